The van der Waals surface area contributed by atoms with Crippen molar-refractivity contribution in [1.82, 2.24) is 4.98 Å². The van der Waals surface area contributed by atoms with Gasteiger partial charge in [0, 0.05) is 23.0 Å². The van der Waals surface area contributed by atoms with E-state index in [4.69, 9.17) is 0 Å². The van der Waals surface area contributed by atoms with E-state index in [1.807, 2.05) is 11.8 Å². The van der Waals surface area contributed by atoms with Gasteiger partial charge < -0.3 is 10.1 Å². The molecule has 0 bridgehead atoms. The fourth-order valence-corrected chi connectivity index (χ4v) is 4.28. The molecule has 4 nitrogen and oxygen atoms in total. The summed E-state index contributed by atoms with van der Waals surface area (Å²) in [5.74, 6) is -0.359. The minimum Gasteiger partial charge on any atom is -0.465 e. The first-order chi connectivity index (χ1) is 14.6. The van der Waals surface area contributed by atoms with Crippen molar-refractivity contribution in [3.8, 4) is 0 Å². The number of carbonyl (C=O) groups excluding carboxylic acids is 1. The Balaban J connectivity index is 0.000000187. The van der Waals surface area contributed by atoms with Gasteiger partial charge in [0.2, 0.25) is 0 Å². The largest absolute Gasteiger partial charge is 0.465 e. The van der Waals surface area contributed by atoms with Crippen molar-refractivity contribution >= 4 is 23.4 Å². The molecule has 1 aliphatic carbocycles. The molecule has 5 heteroatoms. The Morgan fingerprint density at radius 3 is 2.40 bits per heavy atom. The summed E-state index contributed by atoms with van der Waals surface area (Å²) in [4.78, 5) is 17.7. The topological polar surface area (TPSA) is 51.2 Å². The molecule has 0 radical (unpaired) electrons. The van der Waals surface area contributed by atoms with Gasteiger partial charge in [-0.3, -0.25) is 4.98 Å². The van der Waals surface area contributed by atoms with Gasteiger partial charge >= 0.3 is 5.97 Å². The monoisotopic (exact) mass is 420 g/mol. The predicted molar refractivity (Wildman–Crippen MR) is 124 cm³/mol. The summed E-state index contributed by atoms with van der Waals surface area (Å²) < 4.78 is 4.57. The summed E-state index contributed by atoms with van der Waals surface area (Å²) in [6.45, 7) is 2.13. The van der Waals surface area contributed by atoms with Crippen molar-refractivity contribution in [2.45, 2.75) is 42.4 Å². The van der Waals surface area contributed by atoms with E-state index >= 15 is 0 Å². The average Bonchev–Trinajstić information content (AvgIpc) is 2.80. The summed E-state index contributed by atoms with van der Waals surface area (Å²) in [6, 6.07) is 17.4. The molecule has 1 aromatic heterocycles. The summed E-state index contributed by atoms with van der Waals surface area (Å²) >= 11 is 1.87. The van der Waals surface area contributed by atoms with Gasteiger partial charge in [0.25, 0.3) is 0 Å². The molecule has 0 fully saturated rings. The van der Waals surface area contributed by atoms with Crippen LogP contribution in [0.25, 0.3) is 0 Å². The zero-order chi connectivity index (χ0) is 21.3. The number of fused-ring (bicyclic) bond motifs is 1. The number of carbonyl (C=O) groups is 1. The van der Waals surface area contributed by atoms with Crippen molar-refractivity contribution < 1.29 is 9.53 Å². The van der Waals surface area contributed by atoms with E-state index in [9.17, 15) is 4.79 Å². The fraction of sp³-hybridized carbons (Fsp3) is 0.280. The van der Waals surface area contributed by atoms with Gasteiger partial charge in [0.1, 0.15) is 0 Å². The molecule has 3 aromatic rings. The Morgan fingerprint density at radius 1 is 1.00 bits per heavy atom. The first-order valence-corrected chi connectivity index (χ1v) is 11.0. The van der Waals surface area contributed by atoms with Crippen molar-refractivity contribution in [1.29, 1.82) is 0 Å². The second kappa shape index (κ2) is 10.8. The molecule has 30 heavy (non-hydrogen) atoms. The number of nitrogens with one attached hydrogen (secondary N) is 1. The molecule has 0 atom stereocenters. The van der Waals surface area contributed by atoms with Crippen LogP contribution in [-0.2, 0) is 17.6 Å². The van der Waals surface area contributed by atoms with Crippen LogP contribution in [0.5, 0.6) is 0 Å². The van der Waals surface area contributed by atoms with Crippen LogP contribution in [0.4, 0.5) is 5.69 Å². The van der Waals surface area contributed by atoms with Crippen LogP contribution in [0.3, 0.4) is 0 Å². The van der Waals surface area contributed by atoms with Crippen LogP contribution in [0.15, 0.2) is 70.7 Å². The second-order valence-corrected chi connectivity index (χ2v) is 8.36. The number of esters is 1. The average molecular weight is 421 g/mol. The number of benzene rings is 2. The number of hydrogen-bond donors (Lipinski definition) is 1. The normalized spacial score (nSPS) is 12.2. The van der Waals surface area contributed by atoms with Crippen LogP contribution >= 0.6 is 11.8 Å². The number of aryl methyl sites for hydroxylation is 3. The summed E-state index contributed by atoms with van der Waals surface area (Å²) in [5.41, 5.74) is 5.62. The van der Waals surface area contributed by atoms with Gasteiger partial charge in [0.15, 0.2) is 0 Å². The van der Waals surface area contributed by atoms with E-state index in [2.05, 4.69) is 64.4 Å². The molecule has 0 saturated carbocycles. The van der Waals surface area contributed by atoms with Crippen LogP contribution < -0.4 is 5.32 Å². The maximum atomic E-state index is 11.1. The minimum absolute atomic E-state index is 0.359. The molecule has 0 spiro atoms. The van der Waals surface area contributed by atoms with E-state index in [1.54, 1.807) is 36.6 Å². The summed E-state index contributed by atoms with van der Waals surface area (Å²) in [7, 11) is 3.08. The van der Waals surface area contributed by atoms with Gasteiger partial charge in [-0.25, -0.2) is 4.79 Å². The number of methoxy groups -OCH3 is 1. The lowest BCUT2D eigenvalue weighted by Gasteiger charge is -2.16. The number of pyridine rings is 1. The maximum absolute atomic E-state index is 11.1. The number of aromatic nitrogens is 1. The Hall–Kier alpha value is -2.79. The highest BCUT2D eigenvalue weighted by atomic mass is 32.2. The molecular formula is C25H28N2O2S. The Bertz CT molecular complexity index is 987. The van der Waals surface area contributed by atoms with E-state index in [-0.39, 0.29) is 5.97 Å². The van der Waals surface area contributed by atoms with Crippen LogP contribution in [0.2, 0.25) is 0 Å². The highest BCUT2D eigenvalue weighted by Gasteiger charge is 2.10. The first-order valence-electron chi connectivity index (χ1n) is 10.2. The Kier molecular flexibility index (Phi) is 7.91. The molecule has 0 unspecified atom stereocenters. The van der Waals surface area contributed by atoms with Crippen molar-refractivity contribution in [3.05, 3.63) is 83.2 Å². The fourth-order valence-electron chi connectivity index (χ4n) is 3.40. The number of ether oxygens (including phenoxy) is 1. The van der Waals surface area contributed by atoms with Crippen LogP contribution in [0.1, 0.15) is 39.9 Å². The quantitative estimate of drug-likeness (QED) is 0.530. The van der Waals surface area contributed by atoms with Crippen LogP contribution in [-0.4, -0.2) is 25.1 Å². The Labute approximate surface area is 183 Å². The van der Waals surface area contributed by atoms with Gasteiger partial charge in [-0.2, -0.15) is 0 Å². The van der Waals surface area contributed by atoms with Gasteiger partial charge in [-0.1, -0.05) is 35.5 Å². The third-order valence-corrected chi connectivity index (χ3v) is 6.07. The molecule has 0 aliphatic heterocycles. The summed E-state index contributed by atoms with van der Waals surface area (Å²) in [6.07, 6.45) is 8.37. The number of hydrogen-bond acceptors (Lipinski definition) is 5. The molecule has 2 aromatic carbocycles. The third kappa shape index (κ3) is 5.86. The van der Waals surface area contributed by atoms with Crippen molar-refractivity contribution in [2.24, 2.45) is 0 Å². The molecule has 1 aliphatic rings. The second-order valence-electron chi connectivity index (χ2n) is 7.22. The number of nitrogens with zero attached hydrogens (tertiary/aromatic N) is 1. The highest BCUT2D eigenvalue weighted by Crippen LogP contribution is 2.31. The van der Waals surface area contributed by atoms with E-state index < -0.39 is 0 Å². The molecular weight excluding hydrogens is 392 g/mol. The maximum Gasteiger partial charge on any atom is 0.340 e. The lowest BCUT2D eigenvalue weighted by atomic mass is 9.92. The molecule has 4 rings (SSSR count). The van der Waals surface area contributed by atoms with E-state index in [0.29, 0.717) is 11.3 Å². The number of rotatable bonds is 4. The van der Waals surface area contributed by atoms with Crippen LogP contribution in [0, 0.1) is 6.92 Å². The molecule has 1 heterocycles. The molecule has 1 N–H and O–H groups in total. The SMILES string of the molecule is CNc1cnccc1C(=O)OC.Cc1ccc(Sc2ccc3c(c2)CCCC3)cc1. The zero-order valence-corrected chi connectivity index (χ0v) is 18.6. The molecule has 0 saturated heterocycles. The van der Waals surface area contributed by atoms with Gasteiger partial charge in [-0.05, 0) is 74.1 Å². The highest BCUT2D eigenvalue weighted by molar-refractivity contribution is 7.99. The zero-order valence-electron chi connectivity index (χ0n) is 17.8. The minimum atomic E-state index is -0.359. The lowest BCUT2D eigenvalue weighted by Crippen LogP contribution is -2.05. The van der Waals surface area contributed by atoms with Gasteiger partial charge in [0.05, 0.1) is 24.6 Å². The summed E-state index contributed by atoms with van der Waals surface area (Å²) in [5, 5.41) is 2.85. The standard InChI is InChI=1S/C17H18S.C8H10N2O2/c1-13-6-9-16(10-7-13)18-17-11-8-14-4-2-3-5-15(14)12-17;1-9-7-5-10-4-3-6(7)8(11)12-2/h6-12H,2-5H2,1H3;3-5,9H,1-2H3. The van der Waals surface area contributed by atoms with Crippen molar-refractivity contribution in [3.63, 3.8) is 0 Å². The number of anilines is 1. The van der Waals surface area contributed by atoms with E-state index in [1.165, 1.54) is 48.1 Å². The first kappa shape index (κ1) is 21.9. The smallest absolute Gasteiger partial charge is 0.340 e. The van der Waals surface area contributed by atoms with Gasteiger partial charge in [-0.15, -0.1) is 0 Å². The molecule has 156 valence electrons. The Morgan fingerprint density at radius 2 is 1.70 bits per heavy atom. The van der Waals surface area contributed by atoms with Crippen molar-refractivity contribution in [2.75, 3.05) is 19.5 Å². The third-order valence-electron chi connectivity index (χ3n) is 5.07. The predicted octanol–water partition coefficient (Wildman–Crippen LogP) is 5.93. The lowest BCUT2D eigenvalue weighted by molar-refractivity contribution is 0.0601. The molecule has 0 amide bonds. The van der Waals surface area contributed by atoms with E-state index in [0.717, 1.165) is 0 Å².